The summed E-state index contributed by atoms with van der Waals surface area (Å²) in [5, 5.41) is 9.46. The van der Waals surface area contributed by atoms with E-state index in [1.54, 1.807) is 0 Å². The number of anilines is 1. The maximum atomic E-state index is 11.1. The second-order valence-corrected chi connectivity index (χ2v) is 4.42. The fourth-order valence-corrected chi connectivity index (χ4v) is 2.34. The summed E-state index contributed by atoms with van der Waals surface area (Å²) >= 11 is 11.7. The van der Waals surface area contributed by atoms with E-state index in [0.717, 1.165) is 25.9 Å². The van der Waals surface area contributed by atoms with E-state index in [0.29, 0.717) is 5.82 Å². The van der Waals surface area contributed by atoms with Gasteiger partial charge in [0.1, 0.15) is 16.5 Å². The number of hydrogen-bond acceptors (Lipinski definition) is 3. The molecular weight excluding hydrogens is 251 g/mol. The second kappa shape index (κ2) is 4.47. The fraction of sp³-hybridized carbons (Fsp3) is 0.400. The first kappa shape index (κ1) is 11.5. The molecule has 1 aliphatic rings. The largest absolute Gasteiger partial charge is 0.478 e. The topological polar surface area (TPSA) is 53.4 Å². The van der Waals surface area contributed by atoms with E-state index in [-0.39, 0.29) is 15.7 Å². The van der Waals surface area contributed by atoms with Crippen molar-refractivity contribution < 1.29 is 9.90 Å². The number of aromatic carboxylic acids is 1. The van der Waals surface area contributed by atoms with Gasteiger partial charge >= 0.3 is 5.97 Å². The second-order valence-electron chi connectivity index (χ2n) is 3.62. The Balaban J connectivity index is 2.52. The Labute approximate surface area is 103 Å². The van der Waals surface area contributed by atoms with E-state index in [1.165, 1.54) is 6.07 Å². The van der Waals surface area contributed by atoms with Crippen LogP contribution in [-0.4, -0.2) is 29.1 Å². The highest BCUT2D eigenvalue weighted by Crippen LogP contribution is 2.30. The Kier molecular flexibility index (Phi) is 3.21. The first-order valence-electron chi connectivity index (χ1n) is 4.94. The maximum Gasteiger partial charge on any atom is 0.341 e. The molecule has 0 aliphatic carbocycles. The fourth-order valence-electron chi connectivity index (χ4n) is 1.83. The average Bonchev–Trinajstić information content (AvgIpc) is 2.67. The van der Waals surface area contributed by atoms with Gasteiger partial charge in [-0.15, -0.1) is 0 Å². The van der Waals surface area contributed by atoms with Crippen LogP contribution >= 0.6 is 23.2 Å². The first-order valence-corrected chi connectivity index (χ1v) is 5.69. The third kappa shape index (κ3) is 2.08. The van der Waals surface area contributed by atoms with Crippen molar-refractivity contribution in [1.82, 2.24) is 4.98 Å². The number of nitrogens with zero attached hydrogens (tertiary/aromatic N) is 2. The smallest absolute Gasteiger partial charge is 0.341 e. The van der Waals surface area contributed by atoms with Gasteiger partial charge in [0.25, 0.3) is 0 Å². The Bertz CT molecular complexity index is 431. The van der Waals surface area contributed by atoms with Crippen LogP contribution in [0.25, 0.3) is 0 Å². The molecule has 6 heteroatoms. The lowest BCUT2D eigenvalue weighted by Gasteiger charge is -2.19. The molecule has 0 atom stereocenters. The van der Waals surface area contributed by atoms with Gasteiger partial charge in [-0.1, -0.05) is 23.2 Å². The van der Waals surface area contributed by atoms with E-state index in [4.69, 9.17) is 28.3 Å². The minimum atomic E-state index is -1.07. The van der Waals surface area contributed by atoms with Gasteiger partial charge in [0.2, 0.25) is 0 Å². The molecule has 2 heterocycles. The van der Waals surface area contributed by atoms with Gasteiger partial charge in [0.05, 0.1) is 5.02 Å². The maximum absolute atomic E-state index is 11.1. The van der Waals surface area contributed by atoms with Crippen molar-refractivity contribution in [3.05, 3.63) is 21.8 Å². The Morgan fingerprint density at radius 2 is 2.00 bits per heavy atom. The lowest BCUT2D eigenvalue weighted by Crippen LogP contribution is -2.22. The van der Waals surface area contributed by atoms with E-state index in [1.807, 2.05) is 4.90 Å². The monoisotopic (exact) mass is 260 g/mol. The van der Waals surface area contributed by atoms with Crippen molar-refractivity contribution >= 4 is 35.0 Å². The lowest BCUT2D eigenvalue weighted by molar-refractivity contribution is 0.0697. The molecule has 1 saturated heterocycles. The molecule has 2 rings (SSSR count). The molecular formula is C10H10Cl2N2O2. The van der Waals surface area contributed by atoms with Crippen LogP contribution < -0.4 is 4.90 Å². The predicted octanol–water partition coefficient (Wildman–Crippen LogP) is 2.69. The SMILES string of the molecule is O=C(O)c1c(Cl)cc(Cl)nc1N1CCCC1. The number of carboxylic acids is 1. The van der Waals surface area contributed by atoms with Gasteiger partial charge in [-0.25, -0.2) is 9.78 Å². The molecule has 1 N–H and O–H groups in total. The molecule has 86 valence electrons. The molecule has 0 spiro atoms. The molecule has 1 aliphatic heterocycles. The molecule has 4 nitrogen and oxygen atoms in total. The quantitative estimate of drug-likeness (QED) is 0.831. The summed E-state index contributed by atoms with van der Waals surface area (Å²) in [6, 6.07) is 1.35. The molecule has 0 saturated carbocycles. The average molecular weight is 261 g/mol. The normalized spacial score (nSPS) is 15.5. The van der Waals surface area contributed by atoms with Gasteiger partial charge in [-0.05, 0) is 18.9 Å². The molecule has 0 bridgehead atoms. The number of carbonyl (C=O) groups is 1. The zero-order valence-electron chi connectivity index (χ0n) is 8.41. The summed E-state index contributed by atoms with van der Waals surface area (Å²) in [7, 11) is 0. The predicted molar refractivity (Wildman–Crippen MR) is 62.7 cm³/mol. The van der Waals surface area contributed by atoms with Crippen LogP contribution in [0.3, 0.4) is 0 Å². The van der Waals surface area contributed by atoms with Crippen molar-refractivity contribution in [2.45, 2.75) is 12.8 Å². The van der Waals surface area contributed by atoms with Gasteiger partial charge in [-0.3, -0.25) is 0 Å². The number of pyridine rings is 1. The number of hydrogen-bond donors (Lipinski definition) is 1. The minimum absolute atomic E-state index is 0.0352. The van der Waals surface area contributed by atoms with Gasteiger partial charge in [0, 0.05) is 13.1 Å². The van der Waals surface area contributed by atoms with Crippen LogP contribution in [0.2, 0.25) is 10.2 Å². The summed E-state index contributed by atoms with van der Waals surface area (Å²) in [6.07, 6.45) is 2.07. The van der Waals surface area contributed by atoms with Crippen LogP contribution in [0.1, 0.15) is 23.2 Å². The lowest BCUT2D eigenvalue weighted by atomic mass is 10.2. The van der Waals surface area contributed by atoms with Crippen LogP contribution in [-0.2, 0) is 0 Å². The molecule has 1 aromatic rings. The van der Waals surface area contributed by atoms with Crippen LogP contribution in [0.4, 0.5) is 5.82 Å². The summed E-state index contributed by atoms with van der Waals surface area (Å²) in [4.78, 5) is 17.1. The van der Waals surface area contributed by atoms with Crippen molar-refractivity contribution in [1.29, 1.82) is 0 Å². The van der Waals surface area contributed by atoms with Crippen molar-refractivity contribution in [3.63, 3.8) is 0 Å². The highest BCUT2D eigenvalue weighted by Gasteiger charge is 2.24. The summed E-state index contributed by atoms with van der Waals surface area (Å²) in [5.74, 6) is -0.696. The van der Waals surface area contributed by atoms with Crippen molar-refractivity contribution in [2.24, 2.45) is 0 Å². The van der Waals surface area contributed by atoms with Gasteiger partial charge in [-0.2, -0.15) is 0 Å². The van der Waals surface area contributed by atoms with Crippen LogP contribution in [0.15, 0.2) is 6.07 Å². The van der Waals surface area contributed by atoms with E-state index < -0.39 is 5.97 Å². The first-order chi connectivity index (χ1) is 7.59. The molecule has 0 radical (unpaired) electrons. The molecule has 0 unspecified atom stereocenters. The van der Waals surface area contributed by atoms with Gasteiger partial charge < -0.3 is 10.0 Å². The molecule has 0 amide bonds. The number of rotatable bonds is 2. The minimum Gasteiger partial charge on any atom is -0.478 e. The number of aromatic nitrogens is 1. The molecule has 16 heavy (non-hydrogen) atoms. The van der Waals surface area contributed by atoms with Crippen LogP contribution in [0.5, 0.6) is 0 Å². The van der Waals surface area contributed by atoms with E-state index in [2.05, 4.69) is 4.98 Å². The van der Waals surface area contributed by atoms with Crippen molar-refractivity contribution in [3.8, 4) is 0 Å². The van der Waals surface area contributed by atoms with Gasteiger partial charge in [0.15, 0.2) is 0 Å². The highest BCUT2D eigenvalue weighted by molar-refractivity contribution is 6.36. The molecule has 0 aromatic carbocycles. The Morgan fingerprint density at radius 3 is 2.56 bits per heavy atom. The Hall–Kier alpha value is -1.00. The third-order valence-electron chi connectivity index (χ3n) is 2.54. The Morgan fingerprint density at radius 1 is 1.38 bits per heavy atom. The molecule has 1 aromatic heterocycles. The highest BCUT2D eigenvalue weighted by atomic mass is 35.5. The zero-order valence-corrected chi connectivity index (χ0v) is 9.92. The number of halogens is 2. The summed E-state index contributed by atoms with van der Waals surface area (Å²) in [6.45, 7) is 1.59. The van der Waals surface area contributed by atoms with E-state index >= 15 is 0 Å². The molecule has 1 fully saturated rings. The van der Waals surface area contributed by atoms with E-state index in [9.17, 15) is 4.79 Å². The summed E-state index contributed by atoms with van der Waals surface area (Å²) in [5.41, 5.74) is 0.0352. The third-order valence-corrected chi connectivity index (χ3v) is 3.03. The zero-order chi connectivity index (χ0) is 11.7. The number of carboxylic acid groups (broad SMARTS) is 1. The summed E-state index contributed by atoms with van der Waals surface area (Å²) < 4.78 is 0. The van der Waals surface area contributed by atoms with Crippen molar-refractivity contribution in [2.75, 3.05) is 18.0 Å². The van der Waals surface area contributed by atoms with Crippen LogP contribution in [0, 0.1) is 0 Å². The standard InChI is InChI=1S/C10H10Cl2N2O2/c11-6-5-7(12)13-9(8(6)10(15)16)14-3-1-2-4-14/h5H,1-4H2,(H,15,16).